The van der Waals surface area contributed by atoms with E-state index in [2.05, 4.69) is 4.98 Å². The molecule has 3 aromatic carbocycles. The fourth-order valence-corrected chi connectivity index (χ4v) is 4.54. The molecule has 0 saturated carbocycles. The van der Waals surface area contributed by atoms with Crippen LogP contribution in [0.5, 0.6) is 11.5 Å². The Kier molecular flexibility index (Phi) is 6.19. The Morgan fingerprint density at radius 2 is 1.81 bits per heavy atom. The number of hydrogen-bond donors (Lipinski definition) is 1. The maximum Gasteiger partial charge on any atom is 0.409 e. The van der Waals surface area contributed by atoms with E-state index < -0.39 is 23.8 Å². The summed E-state index contributed by atoms with van der Waals surface area (Å²) in [5.41, 5.74) is 6.22. The van der Waals surface area contributed by atoms with E-state index in [-0.39, 0.29) is 21.4 Å². The molecule has 0 bridgehead atoms. The molecule has 4 aromatic rings. The maximum absolute atomic E-state index is 14.7. The van der Waals surface area contributed by atoms with Crippen molar-refractivity contribution in [2.24, 2.45) is 5.73 Å². The number of fused-ring (bicyclic) bond motifs is 1. The molecule has 1 heterocycles. The molecule has 1 amide bonds. The molecule has 0 aliphatic carbocycles. The zero-order valence-electron chi connectivity index (χ0n) is 16.4. The van der Waals surface area contributed by atoms with Crippen molar-refractivity contribution in [2.45, 2.75) is 13.0 Å². The van der Waals surface area contributed by atoms with Crippen molar-refractivity contribution >= 4 is 50.8 Å². The standard InChI is InChI=1S/C22H14Cl2F2N2O3S/c1-10(19-14(25)7-6-13(23)20(19)24)30-17-9-18-16(8-15(17)26)28-21(32-18)11-2-4-12(5-3-11)31-22(27)29/h2-10H,1H3,(H2,27,29). The molecular formula is C22H14Cl2F2N2O3S. The van der Waals surface area contributed by atoms with Crippen molar-refractivity contribution in [3.05, 3.63) is 75.8 Å². The van der Waals surface area contributed by atoms with Crippen LogP contribution in [0.4, 0.5) is 13.6 Å². The van der Waals surface area contributed by atoms with Crippen LogP contribution in [-0.4, -0.2) is 11.1 Å². The summed E-state index contributed by atoms with van der Waals surface area (Å²) >= 11 is 13.4. The van der Waals surface area contributed by atoms with Gasteiger partial charge in [0.05, 0.1) is 20.3 Å². The second-order valence-corrected chi connectivity index (χ2v) is 8.55. The molecule has 5 nitrogen and oxygen atoms in total. The van der Waals surface area contributed by atoms with Crippen LogP contribution in [0.1, 0.15) is 18.6 Å². The predicted octanol–water partition coefficient (Wildman–Crippen LogP) is 7.15. The number of ether oxygens (including phenoxy) is 2. The molecule has 0 radical (unpaired) electrons. The highest BCUT2D eigenvalue weighted by molar-refractivity contribution is 7.21. The monoisotopic (exact) mass is 494 g/mol. The molecule has 32 heavy (non-hydrogen) atoms. The molecule has 0 aliphatic heterocycles. The van der Waals surface area contributed by atoms with Gasteiger partial charge in [0.15, 0.2) is 11.6 Å². The largest absolute Gasteiger partial charge is 0.483 e. The van der Waals surface area contributed by atoms with Gasteiger partial charge in [-0.25, -0.2) is 18.6 Å². The van der Waals surface area contributed by atoms with Crippen molar-refractivity contribution in [1.82, 2.24) is 4.98 Å². The normalized spacial score (nSPS) is 12.0. The van der Waals surface area contributed by atoms with Crippen LogP contribution in [0.25, 0.3) is 20.8 Å². The fourth-order valence-electron chi connectivity index (χ4n) is 3.09. The van der Waals surface area contributed by atoms with E-state index in [1.54, 1.807) is 31.2 Å². The molecule has 4 rings (SSSR count). The molecule has 0 spiro atoms. The second kappa shape index (κ2) is 8.90. The minimum atomic E-state index is -0.908. The number of halogens is 4. The lowest BCUT2D eigenvalue weighted by atomic mass is 10.1. The van der Waals surface area contributed by atoms with E-state index in [1.807, 2.05) is 0 Å². The van der Waals surface area contributed by atoms with Crippen LogP contribution in [0, 0.1) is 11.6 Å². The van der Waals surface area contributed by atoms with Crippen LogP contribution >= 0.6 is 34.5 Å². The maximum atomic E-state index is 14.7. The summed E-state index contributed by atoms with van der Waals surface area (Å²) in [6.07, 6.45) is -1.80. The van der Waals surface area contributed by atoms with Gasteiger partial charge < -0.3 is 15.2 Å². The Hall–Kier alpha value is -2.94. The van der Waals surface area contributed by atoms with E-state index in [4.69, 9.17) is 38.4 Å². The summed E-state index contributed by atoms with van der Waals surface area (Å²) in [5.74, 6) is -1.02. The number of rotatable bonds is 5. The van der Waals surface area contributed by atoms with Gasteiger partial charge in [0.25, 0.3) is 0 Å². The van der Waals surface area contributed by atoms with Crippen LogP contribution in [0.15, 0.2) is 48.5 Å². The van der Waals surface area contributed by atoms with Gasteiger partial charge >= 0.3 is 6.09 Å². The first-order valence-corrected chi connectivity index (χ1v) is 10.8. The highest BCUT2D eigenvalue weighted by Gasteiger charge is 2.21. The Labute approximate surface area is 195 Å². The number of carbonyl (C=O) groups is 1. The molecule has 1 aromatic heterocycles. The molecular weight excluding hydrogens is 481 g/mol. The second-order valence-electron chi connectivity index (χ2n) is 6.73. The topological polar surface area (TPSA) is 74.4 Å². The van der Waals surface area contributed by atoms with Crippen molar-refractivity contribution in [3.63, 3.8) is 0 Å². The lowest BCUT2D eigenvalue weighted by Gasteiger charge is -2.18. The molecule has 0 fully saturated rings. The van der Waals surface area contributed by atoms with Gasteiger partial charge in [-0.05, 0) is 43.3 Å². The third-order valence-electron chi connectivity index (χ3n) is 4.55. The van der Waals surface area contributed by atoms with Crippen LogP contribution in [0.2, 0.25) is 10.0 Å². The zero-order chi connectivity index (χ0) is 23.0. The number of nitrogens with two attached hydrogens (primary N) is 1. The van der Waals surface area contributed by atoms with Gasteiger partial charge in [-0.2, -0.15) is 0 Å². The number of amides is 1. The molecule has 0 aliphatic rings. The smallest absolute Gasteiger partial charge is 0.409 e. The summed E-state index contributed by atoms with van der Waals surface area (Å²) in [6, 6.07) is 11.8. The number of benzene rings is 3. The molecule has 164 valence electrons. The van der Waals surface area contributed by atoms with E-state index in [0.717, 1.165) is 5.56 Å². The van der Waals surface area contributed by atoms with Crippen LogP contribution < -0.4 is 15.2 Å². The average Bonchev–Trinajstić information content (AvgIpc) is 3.14. The number of aromatic nitrogens is 1. The van der Waals surface area contributed by atoms with E-state index in [0.29, 0.717) is 21.0 Å². The van der Waals surface area contributed by atoms with Crippen LogP contribution in [0.3, 0.4) is 0 Å². The summed E-state index contributed by atoms with van der Waals surface area (Å²) in [6.45, 7) is 1.55. The van der Waals surface area contributed by atoms with E-state index in [1.165, 1.54) is 35.6 Å². The van der Waals surface area contributed by atoms with Crippen molar-refractivity contribution < 1.29 is 23.0 Å². The first-order chi connectivity index (χ1) is 15.2. The van der Waals surface area contributed by atoms with Gasteiger partial charge in [0, 0.05) is 23.3 Å². The first-order valence-electron chi connectivity index (χ1n) is 9.21. The summed E-state index contributed by atoms with van der Waals surface area (Å²) in [4.78, 5) is 15.3. The van der Waals surface area contributed by atoms with E-state index in [9.17, 15) is 13.6 Å². The van der Waals surface area contributed by atoms with Crippen molar-refractivity contribution in [3.8, 4) is 22.1 Å². The third kappa shape index (κ3) is 4.48. The summed E-state index contributed by atoms with van der Waals surface area (Å²) in [5, 5.41) is 0.817. The summed E-state index contributed by atoms with van der Waals surface area (Å²) < 4.78 is 40.1. The Balaban J connectivity index is 1.63. The quantitative estimate of drug-likeness (QED) is 0.299. The third-order valence-corrected chi connectivity index (χ3v) is 6.44. The summed E-state index contributed by atoms with van der Waals surface area (Å²) in [7, 11) is 0. The lowest BCUT2D eigenvalue weighted by Crippen LogP contribution is -2.16. The highest BCUT2D eigenvalue weighted by atomic mass is 35.5. The van der Waals surface area contributed by atoms with Gasteiger partial charge in [-0.1, -0.05) is 23.2 Å². The van der Waals surface area contributed by atoms with Gasteiger partial charge in [0.2, 0.25) is 0 Å². The van der Waals surface area contributed by atoms with E-state index >= 15 is 0 Å². The SMILES string of the molecule is CC(Oc1cc2sc(-c3ccc(OC(N)=O)cc3)nc2cc1F)c1c(F)ccc(Cl)c1Cl. The predicted molar refractivity (Wildman–Crippen MR) is 121 cm³/mol. The minimum Gasteiger partial charge on any atom is -0.483 e. The number of primary amides is 1. The van der Waals surface area contributed by atoms with Crippen molar-refractivity contribution in [1.29, 1.82) is 0 Å². The Bertz CT molecular complexity index is 1330. The Morgan fingerprint density at radius 3 is 2.50 bits per heavy atom. The van der Waals surface area contributed by atoms with Gasteiger partial charge in [-0.15, -0.1) is 11.3 Å². The number of nitrogens with zero attached hydrogens (tertiary/aromatic N) is 1. The number of hydrogen-bond acceptors (Lipinski definition) is 5. The zero-order valence-corrected chi connectivity index (χ0v) is 18.7. The first kappa shape index (κ1) is 22.3. The average molecular weight is 495 g/mol. The lowest BCUT2D eigenvalue weighted by molar-refractivity contribution is 0.210. The van der Waals surface area contributed by atoms with Crippen LogP contribution in [-0.2, 0) is 0 Å². The van der Waals surface area contributed by atoms with Gasteiger partial charge in [-0.3, -0.25) is 0 Å². The van der Waals surface area contributed by atoms with Gasteiger partial charge in [0.1, 0.15) is 22.7 Å². The Morgan fingerprint density at radius 1 is 1.09 bits per heavy atom. The number of carbonyl (C=O) groups excluding carboxylic acids is 1. The molecule has 1 unspecified atom stereocenters. The molecule has 1 atom stereocenters. The van der Waals surface area contributed by atoms with Crippen molar-refractivity contribution in [2.75, 3.05) is 0 Å². The number of thiazole rings is 1. The molecule has 10 heteroatoms. The minimum absolute atomic E-state index is 0.0180. The molecule has 0 saturated heterocycles. The highest BCUT2D eigenvalue weighted by Crippen LogP contribution is 2.38. The molecule has 2 N–H and O–H groups in total. The fraction of sp³-hybridized carbons (Fsp3) is 0.0909.